The zero-order valence-electron chi connectivity index (χ0n) is 49.5. The van der Waals surface area contributed by atoms with Crippen LogP contribution >= 0.6 is 37.2 Å². The van der Waals surface area contributed by atoms with Crippen LogP contribution in [0.5, 0.6) is 0 Å². The summed E-state index contributed by atoms with van der Waals surface area (Å²) in [5.41, 5.74) is 2.22. The number of rotatable bonds is 8. The zero-order valence-corrected chi connectivity index (χ0v) is 56.8. The van der Waals surface area contributed by atoms with Gasteiger partial charge in [0.1, 0.15) is 58.9 Å². The van der Waals surface area contributed by atoms with Gasteiger partial charge < -0.3 is 49.3 Å². The van der Waals surface area contributed by atoms with Crippen LogP contribution in [0, 0.1) is 42.4 Å². The van der Waals surface area contributed by atoms with Crippen LogP contribution in [-0.2, 0) is 19.5 Å². The minimum absolute atomic E-state index is 0.179. The summed E-state index contributed by atoms with van der Waals surface area (Å²) in [5, 5.41) is 6.38. The molecule has 454 valence electrons. The average Bonchev–Trinajstić information content (AvgIpc) is 3.51. The third-order valence-corrected chi connectivity index (χ3v) is 19.4. The maximum atomic E-state index is 13.3. The molecule has 84 heavy (non-hydrogen) atoms. The number of aryl methyl sites for hydroxylation is 1. The van der Waals surface area contributed by atoms with Gasteiger partial charge in [0.25, 0.3) is 10.0 Å². The Kier molecular flexibility index (Phi) is 19.1. The van der Waals surface area contributed by atoms with Gasteiger partial charge in [0.2, 0.25) is 0 Å². The number of hydrogen-bond acceptors (Lipinski definition) is 16. The van der Waals surface area contributed by atoms with Crippen molar-refractivity contribution in [2.24, 2.45) is 35.5 Å². The van der Waals surface area contributed by atoms with Crippen LogP contribution < -0.4 is 33.3 Å². The molecule has 0 radical (unpaired) electrons. The van der Waals surface area contributed by atoms with E-state index < -0.39 is 21.2 Å². The second-order valence-electron chi connectivity index (χ2n) is 25.5. The van der Waals surface area contributed by atoms with Gasteiger partial charge in [-0.2, -0.15) is 0 Å². The Labute approximate surface area is 522 Å². The van der Waals surface area contributed by atoms with E-state index in [1.807, 2.05) is 83.8 Å². The van der Waals surface area contributed by atoms with Crippen molar-refractivity contribution in [3.05, 3.63) is 85.6 Å². The molecule has 3 saturated carbocycles. The van der Waals surface area contributed by atoms with Crippen molar-refractivity contribution < 1.29 is 40.7 Å². The molecule has 0 spiro atoms. The predicted octanol–water partition coefficient (Wildman–Crippen LogP) is 7.27. The summed E-state index contributed by atoms with van der Waals surface area (Å²) in [6.07, 6.45) is 16.3. The summed E-state index contributed by atoms with van der Waals surface area (Å²) in [6.45, 7) is 18.7. The molecule has 3 aliphatic heterocycles. The van der Waals surface area contributed by atoms with E-state index in [1.165, 1.54) is 36.2 Å². The first-order valence-corrected chi connectivity index (χ1v) is 42.9. The Morgan fingerprint density at radius 3 is 1.36 bits per heavy atom. The molecule has 13 rings (SSSR count). The molecular formula is C59H79I3N15O6S-. The molecule has 9 atom stereocenters. The second-order valence-corrected chi connectivity index (χ2v) is 43.6. The van der Waals surface area contributed by atoms with Crippen molar-refractivity contribution in [2.75, 3.05) is 75.1 Å². The number of likely N-dealkylation sites (tertiary alicyclic amines) is 2. The number of amides is 2. The summed E-state index contributed by atoms with van der Waals surface area (Å²) in [5.74, 6) is 6.37. The third kappa shape index (κ3) is 13.8. The Morgan fingerprint density at radius 1 is 0.571 bits per heavy atom. The number of nitrogens with one attached hydrogen (secondary N) is 3. The topological polar surface area (TPSA) is 229 Å². The van der Waals surface area contributed by atoms with E-state index in [9.17, 15) is 18.0 Å². The number of H-pyrrole nitrogens is 2. The Morgan fingerprint density at radius 2 is 0.952 bits per heavy atom. The van der Waals surface area contributed by atoms with E-state index in [1.54, 1.807) is 49.2 Å². The Hall–Kier alpha value is -4.88. The van der Waals surface area contributed by atoms with E-state index in [0.717, 1.165) is 89.9 Å². The molecule has 3 N–H and O–H groups in total. The standard InChI is InChI=1S/C26H33N5O4S.C19H27N5O2.C14H19N5.I3/c1-17-6-8-21(9-7-17)36(33,34)31-11-10-22-23(27-16-28-24(22)31)29(5)20-12-18-14-30(15-19(18)13-20)25(32)35-26(2,3)4;1-19(2,3)26-18(25)24-9-12-7-14(8-13(12)10-24)23(4)17-15-5-6-20-16(15)21-11-22-17;1-19(11-4-9-6-15-7-10(9)5-11)14-12-2-3-16-13(12)17-8-18-14;1-3-2/h6-11,16,18-20H,12-15H2,1-5H3;5-6,11-14H,7-10H2,1-4H3,(H,20,21,22);2-3,8-11,15H,4-7H2,1H3,(H,16,17,18);/q;;;-1/t18-,19+,20?;12-,13+,14?;9-,10+,11?;. The number of carbonyl (C=O) groups excluding carboxylic acids is 2. The van der Waals surface area contributed by atoms with E-state index in [-0.39, 0.29) is 23.1 Å². The fourth-order valence-corrected chi connectivity index (χ4v) is 14.9. The second kappa shape index (κ2) is 25.8. The fraction of sp³-hybridized carbons (Fsp3) is 0.559. The molecule has 6 aromatic heterocycles. The zero-order chi connectivity index (χ0) is 59.8. The van der Waals surface area contributed by atoms with Gasteiger partial charge in [-0.05, 0) is 166 Å². The summed E-state index contributed by atoms with van der Waals surface area (Å²) in [6, 6.07) is 14.0. The van der Waals surface area contributed by atoms with Gasteiger partial charge in [0.15, 0.2) is 5.65 Å². The van der Waals surface area contributed by atoms with Crippen molar-refractivity contribution in [1.82, 2.24) is 59.0 Å². The maximum absolute atomic E-state index is 13.3. The van der Waals surface area contributed by atoms with Crippen molar-refractivity contribution in [2.45, 2.75) is 121 Å². The van der Waals surface area contributed by atoms with Crippen LogP contribution in [0.25, 0.3) is 33.1 Å². The van der Waals surface area contributed by atoms with Gasteiger partial charge in [0.05, 0.1) is 21.1 Å². The van der Waals surface area contributed by atoms with Crippen molar-refractivity contribution in [3.8, 4) is 0 Å². The van der Waals surface area contributed by atoms with Crippen LogP contribution in [-0.4, -0.2) is 164 Å². The molecule has 9 heterocycles. The fourth-order valence-electron chi connectivity index (χ4n) is 13.6. The van der Waals surface area contributed by atoms with E-state index in [2.05, 4.69) is 117 Å². The van der Waals surface area contributed by atoms with E-state index in [4.69, 9.17) is 9.47 Å². The number of fused-ring (bicyclic) bond motifs is 6. The van der Waals surface area contributed by atoms with Crippen molar-refractivity contribution >= 4 is 110 Å². The molecule has 6 fully saturated rings. The number of benzene rings is 1. The van der Waals surface area contributed by atoms with Gasteiger partial charge in [-0.25, -0.2) is 51.9 Å². The molecule has 3 aliphatic carbocycles. The number of halogens is 3. The third-order valence-electron chi connectivity index (χ3n) is 17.7. The number of aromatic amines is 2. The molecule has 1 aromatic carbocycles. The van der Waals surface area contributed by atoms with Gasteiger partial charge >= 0.3 is 62.7 Å². The molecule has 3 unspecified atom stereocenters. The van der Waals surface area contributed by atoms with Gasteiger partial charge in [0, 0.05) is 84.0 Å². The number of nitrogens with zero attached hydrogens (tertiary/aromatic N) is 12. The monoisotopic (exact) mass is 1510 g/mol. The molecule has 6 aliphatic rings. The number of aromatic nitrogens is 9. The average molecular weight is 1510 g/mol. The first-order chi connectivity index (χ1) is 40.0. The quantitative estimate of drug-likeness (QED) is 0.127. The molecule has 7 aromatic rings. The van der Waals surface area contributed by atoms with Gasteiger partial charge in [-0.1, -0.05) is 17.7 Å². The molecule has 21 nitrogen and oxygen atoms in total. The van der Waals surface area contributed by atoms with Crippen molar-refractivity contribution in [3.63, 3.8) is 0 Å². The van der Waals surface area contributed by atoms with Crippen LogP contribution in [0.15, 0.2) is 84.9 Å². The normalized spacial score (nSPS) is 24.4. The van der Waals surface area contributed by atoms with Gasteiger partial charge in [-0.3, -0.25) is 0 Å². The van der Waals surface area contributed by atoms with Crippen LogP contribution in [0.4, 0.5) is 27.0 Å². The summed E-state index contributed by atoms with van der Waals surface area (Å²) < 4.78 is 38.9. The first kappa shape index (κ1) is 62.2. The molecule has 2 amide bonds. The molecule has 0 bridgehead atoms. The van der Waals surface area contributed by atoms with Crippen LogP contribution in [0.3, 0.4) is 0 Å². The summed E-state index contributed by atoms with van der Waals surface area (Å²) in [4.78, 5) is 68.2. The number of ether oxygens (including phenoxy) is 2. The first-order valence-electron chi connectivity index (χ1n) is 28.9. The van der Waals surface area contributed by atoms with Crippen LogP contribution in [0.2, 0.25) is 0 Å². The van der Waals surface area contributed by atoms with Crippen molar-refractivity contribution in [1.29, 1.82) is 0 Å². The SMILES string of the molecule is CN(c1ncnc2[nH]ccc12)C1C[C@@H]2CN(C(=O)OC(C)(C)C)C[C@@H]2C1.CN(c1ncnc2[nH]ccc12)C1C[C@H]2CNC[C@H]2C1.Cc1ccc(S(=O)(=O)n2ccc3c(N(C)C4C[C@@H]5CN(C(=O)OC(C)(C)C)C[C@@H]5C4)ncnc32)cc1.I[I-]I. The summed E-state index contributed by atoms with van der Waals surface area (Å²) in [7, 11) is 2.51. The minimum atomic E-state index is -3.78. The molecular weight excluding hydrogens is 1430 g/mol. The number of hydrogen-bond donors (Lipinski definition) is 3. The molecule has 25 heteroatoms. The predicted molar refractivity (Wildman–Crippen MR) is 341 cm³/mol. The van der Waals surface area contributed by atoms with Crippen LogP contribution in [0.1, 0.15) is 85.6 Å². The Bertz CT molecular complexity index is 3500. The van der Waals surface area contributed by atoms with E-state index >= 15 is 0 Å². The van der Waals surface area contributed by atoms with Gasteiger partial charge in [-0.15, -0.1) is 0 Å². The van der Waals surface area contributed by atoms with E-state index in [0.29, 0.717) is 79.0 Å². The summed E-state index contributed by atoms with van der Waals surface area (Å²) >= 11 is 5.30. The number of anilines is 3. The number of carbonyl (C=O) groups is 2. The molecule has 3 saturated heterocycles. The Balaban J connectivity index is 0.000000143.